The molecular formula is C22H22ClN7OS. The third-order valence-corrected chi connectivity index (χ3v) is 7.38. The molecule has 0 unspecified atom stereocenters. The number of aromatic nitrogens is 4. The van der Waals surface area contributed by atoms with Crippen LogP contribution in [0.25, 0.3) is 0 Å². The standard InChI is InChI=1S/C22H22ClN7OS/c1-29-5-4-18-20(11-29)32-21(26-18)12-30-10-19(27-28-30)22(31)25-16-6-14(7-16)17-8-15(23)3-2-13(17)9-24/h2-3,8,10,14,16H,4-7,11-12H2,1H3,(H,25,31). The number of benzene rings is 1. The van der Waals surface area contributed by atoms with E-state index in [1.54, 1.807) is 34.3 Å². The summed E-state index contributed by atoms with van der Waals surface area (Å²) >= 11 is 7.80. The van der Waals surface area contributed by atoms with Crippen molar-refractivity contribution in [2.45, 2.75) is 44.3 Å². The van der Waals surface area contributed by atoms with E-state index in [1.165, 1.54) is 10.6 Å². The van der Waals surface area contributed by atoms with Gasteiger partial charge in [0.2, 0.25) is 0 Å². The van der Waals surface area contributed by atoms with Crippen molar-refractivity contribution in [1.29, 1.82) is 5.26 Å². The van der Waals surface area contributed by atoms with E-state index in [4.69, 9.17) is 16.6 Å². The monoisotopic (exact) mass is 467 g/mol. The Morgan fingerprint density at radius 2 is 2.25 bits per heavy atom. The fourth-order valence-corrected chi connectivity index (χ4v) is 5.65. The van der Waals surface area contributed by atoms with Crippen molar-refractivity contribution in [2.75, 3.05) is 13.6 Å². The minimum absolute atomic E-state index is 0.0471. The lowest BCUT2D eigenvalue weighted by molar-refractivity contribution is 0.0903. The minimum Gasteiger partial charge on any atom is -0.348 e. The average Bonchev–Trinajstić information content (AvgIpc) is 3.36. The molecule has 1 aliphatic carbocycles. The fourth-order valence-electron chi connectivity index (χ4n) is 4.28. The third kappa shape index (κ3) is 4.26. The van der Waals surface area contributed by atoms with Crippen molar-refractivity contribution in [1.82, 2.24) is 30.2 Å². The molecular weight excluding hydrogens is 446 g/mol. The molecule has 1 fully saturated rings. The van der Waals surface area contributed by atoms with Crippen molar-refractivity contribution in [2.24, 2.45) is 0 Å². The molecule has 2 aliphatic rings. The number of rotatable bonds is 5. The van der Waals surface area contributed by atoms with Crippen LogP contribution in [0.3, 0.4) is 0 Å². The molecule has 0 saturated heterocycles. The van der Waals surface area contributed by atoms with E-state index in [2.05, 4.69) is 33.6 Å². The molecule has 1 aliphatic heterocycles. The number of nitrogens with one attached hydrogen (secondary N) is 1. The summed E-state index contributed by atoms with van der Waals surface area (Å²) < 4.78 is 1.66. The molecule has 3 aromatic rings. The van der Waals surface area contributed by atoms with Crippen LogP contribution >= 0.6 is 22.9 Å². The molecule has 0 radical (unpaired) electrons. The molecule has 0 spiro atoms. The highest BCUT2D eigenvalue weighted by Crippen LogP contribution is 2.39. The number of likely N-dealkylation sites (N-methyl/N-ethyl adjacent to an activating group) is 1. The van der Waals surface area contributed by atoms with Gasteiger partial charge in [-0.1, -0.05) is 16.8 Å². The molecule has 32 heavy (non-hydrogen) atoms. The summed E-state index contributed by atoms with van der Waals surface area (Å²) in [6.45, 7) is 2.48. The first-order chi connectivity index (χ1) is 15.5. The van der Waals surface area contributed by atoms with E-state index in [9.17, 15) is 10.1 Å². The topological polar surface area (TPSA) is 99.7 Å². The Hall–Kier alpha value is -2.80. The quantitative estimate of drug-likeness (QED) is 0.619. The van der Waals surface area contributed by atoms with Crippen LogP contribution in [0, 0.1) is 11.3 Å². The van der Waals surface area contributed by atoms with Gasteiger partial charge in [0.05, 0.1) is 30.1 Å². The van der Waals surface area contributed by atoms with Crippen molar-refractivity contribution >= 4 is 28.8 Å². The number of carbonyl (C=O) groups is 1. The lowest BCUT2D eigenvalue weighted by atomic mass is 9.74. The van der Waals surface area contributed by atoms with E-state index in [1.807, 2.05) is 6.07 Å². The zero-order chi connectivity index (χ0) is 22.2. The molecule has 0 atom stereocenters. The first-order valence-corrected chi connectivity index (χ1v) is 11.7. The number of nitrogens with zero attached hydrogens (tertiary/aromatic N) is 6. The molecule has 164 valence electrons. The number of fused-ring (bicyclic) bond motifs is 1. The molecule has 3 heterocycles. The summed E-state index contributed by atoms with van der Waals surface area (Å²) in [5, 5.41) is 22.1. The number of thiazole rings is 1. The Bertz CT molecular complexity index is 1210. The highest BCUT2D eigenvalue weighted by Gasteiger charge is 2.33. The maximum absolute atomic E-state index is 12.6. The molecule has 0 bridgehead atoms. The van der Waals surface area contributed by atoms with Crippen molar-refractivity contribution < 1.29 is 4.79 Å². The minimum atomic E-state index is -0.230. The van der Waals surface area contributed by atoms with Crippen LogP contribution in [0.5, 0.6) is 0 Å². The largest absolute Gasteiger partial charge is 0.348 e. The Morgan fingerprint density at radius 1 is 1.41 bits per heavy atom. The normalized spacial score (nSPS) is 20.3. The summed E-state index contributed by atoms with van der Waals surface area (Å²) in [6.07, 6.45) is 4.19. The van der Waals surface area contributed by atoms with E-state index < -0.39 is 0 Å². The predicted molar refractivity (Wildman–Crippen MR) is 121 cm³/mol. The molecule has 8 nitrogen and oxygen atoms in total. The highest BCUT2D eigenvalue weighted by atomic mass is 35.5. The highest BCUT2D eigenvalue weighted by molar-refractivity contribution is 7.11. The molecule has 2 aromatic heterocycles. The molecule has 1 aromatic carbocycles. The van der Waals surface area contributed by atoms with Crippen LogP contribution in [0.15, 0.2) is 24.4 Å². The van der Waals surface area contributed by atoms with Gasteiger partial charge in [-0.2, -0.15) is 5.26 Å². The van der Waals surface area contributed by atoms with Crippen LogP contribution < -0.4 is 5.32 Å². The number of hydrogen-bond donors (Lipinski definition) is 1. The Labute approximate surface area is 194 Å². The van der Waals surface area contributed by atoms with Crippen LogP contribution in [-0.2, 0) is 19.5 Å². The second kappa shape index (κ2) is 8.62. The number of amides is 1. The number of carbonyl (C=O) groups excluding carboxylic acids is 1. The summed E-state index contributed by atoms with van der Waals surface area (Å²) in [5.41, 5.74) is 3.08. The van der Waals surface area contributed by atoms with E-state index in [0.717, 1.165) is 42.9 Å². The number of nitriles is 1. The fraction of sp³-hybridized carbons (Fsp3) is 0.409. The summed E-state index contributed by atoms with van der Waals surface area (Å²) in [6, 6.07) is 7.59. The number of halogens is 1. The van der Waals surface area contributed by atoms with Gasteiger partial charge in [0.1, 0.15) is 5.01 Å². The van der Waals surface area contributed by atoms with E-state index in [-0.39, 0.29) is 17.9 Å². The van der Waals surface area contributed by atoms with Crippen LogP contribution in [-0.4, -0.2) is 50.4 Å². The zero-order valence-electron chi connectivity index (χ0n) is 17.6. The molecule has 1 saturated carbocycles. The second-order valence-corrected chi connectivity index (χ2v) is 10.1. The molecule has 1 amide bonds. The van der Waals surface area contributed by atoms with Gasteiger partial charge < -0.3 is 10.2 Å². The summed E-state index contributed by atoms with van der Waals surface area (Å²) in [4.78, 5) is 20.9. The van der Waals surface area contributed by atoms with Gasteiger partial charge >= 0.3 is 0 Å². The van der Waals surface area contributed by atoms with Gasteiger partial charge in [-0.15, -0.1) is 16.4 Å². The van der Waals surface area contributed by atoms with Gasteiger partial charge in [0, 0.05) is 35.5 Å². The summed E-state index contributed by atoms with van der Waals surface area (Å²) in [7, 11) is 2.12. The van der Waals surface area contributed by atoms with Crippen molar-refractivity contribution in [3.8, 4) is 6.07 Å². The van der Waals surface area contributed by atoms with E-state index >= 15 is 0 Å². The SMILES string of the molecule is CN1CCc2nc(Cn3cc(C(=O)NC4CC(c5cc(Cl)ccc5C#N)C4)nn3)sc2C1. The molecule has 1 N–H and O–H groups in total. The summed E-state index contributed by atoms with van der Waals surface area (Å²) in [5.74, 6) is -0.00864. The van der Waals surface area contributed by atoms with Gasteiger partial charge in [0.15, 0.2) is 5.69 Å². The van der Waals surface area contributed by atoms with E-state index in [0.29, 0.717) is 22.8 Å². The van der Waals surface area contributed by atoms with Crippen molar-refractivity contribution in [3.63, 3.8) is 0 Å². The predicted octanol–water partition coefficient (Wildman–Crippen LogP) is 2.97. The van der Waals surface area contributed by atoms with Crippen LogP contribution in [0.4, 0.5) is 0 Å². The average molecular weight is 468 g/mol. The molecule has 10 heteroatoms. The maximum Gasteiger partial charge on any atom is 0.273 e. The lowest BCUT2D eigenvalue weighted by Gasteiger charge is -2.36. The molecule has 5 rings (SSSR count). The lowest BCUT2D eigenvalue weighted by Crippen LogP contribution is -2.43. The Kier molecular flexibility index (Phi) is 5.67. The number of hydrogen-bond acceptors (Lipinski definition) is 7. The maximum atomic E-state index is 12.6. The van der Waals surface area contributed by atoms with Crippen LogP contribution in [0.2, 0.25) is 5.02 Å². The van der Waals surface area contributed by atoms with Crippen molar-refractivity contribution in [3.05, 3.63) is 61.8 Å². The van der Waals surface area contributed by atoms with Gasteiger partial charge in [-0.3, -0.25) is 4.79 Å². The zero-order valence-corrected chi connectivity index (χ0v) is 19.2. The third-order valence-electron chi connectivity index (χ3n) is 6.08. The van der Waals surface area contributed by atoms with Gasteiger partial charge in [-0.25, -0.2) is 9.67 Å². The van der Waals surface area contributed by atoms with Gasteiger partial charge in [0.25, 0.3) is 5.91 Å². The van der Waals surface area contributed by atoms with Gasteiger partial charge in [-0.05, 0) is 49.6 Å². The first kappa shape index (κ1) is 21.1. The Morgan fingerprint density at radius 3 is 3.06 bits per heavy atom. The first-order valence-electron chi connectivity index (χ1n) is 10.5. The second-order valence-electron chi connectivity index (χ2n) is 8.45. The van der Waals surface area contributed by atoms with Crippen LogP contribution in [0.1, 0.15) is 56.0 Å². The Balaban J connectivity index is 1.17. The smallest absolute Gasteiger partial charge is 0.273 e.